The summed E-state index contributed by atoms with van der Waals surface area (Å²) >= 11 is 6.27. The maximum atomic E-state index is 11.8. The summed E-state index contributed by atoms with van der Waals surface area (Å²) < 4.78 is 4.89. The molecule has 0 N–H and O–H groups in total. The van der Waals surface area contributed by atoms with Crippen molar-refractivity contribution in [2.45, 2.75) is 39.2 Å². The highest BCUT2D eigenvalue weighted by atomic mass is 35.5. The van der Waals surface area contributed by atoms with Gasteiger partial charge in [0.15, 0.2) is 0 Å². The van der Waals surface area contributed by atoms with Gasteiger partial charge >= 0.3 is 5.97 Å². The van der Waals surface area contributed by atoms with Crippen molar-refractivity contribution in [1.29, 1.82) is 0 Å². The van der Waals surface area contributed by atoms with E-state index in [0.717, 1.165) is 25.8 Å². The van der Waals surface area contributed by atoms with E-state index in [1.165, 1.54) is 12.1 Å². The molecular formula is C15H19ClN2O4. The zero-order valence-corrected chi connectivity index (χ0v) is 13.4. The van der Waals surface area contributed by atoms with Gasteiger partial charge in [0.2, 0.25) is 0 Å². The number of nitro benzene ring substituents is 1. The molecule has 0 bridgehead atoms. The van der Waals surface area contributed by atoms with E-state index >= 15 is 0 Å². The zero-order chi connectivity index (χ0) is 16.3. The van der Waals surface area contributed by atoms with Gasteiger partial charge in [0.1, 0.15) is 5.69 Å². The summed E-state index contributed by atoms with van der Waals surface area (Å²) in [5, 5.41) is 11.6. The molecule has 1 saturated heterocycles. The van der Waals surface area contributed by atoms with Crippen molar-refractivity contribution in [2.75, 3.05) is 18.1 Å². The number of halogens is 1. The van der Waals surface area contributed by atoms with Crippen molar-refractivity contribution >= 4 is 28.9 Å². The molecule has 0 aromatic heterocycles. The van der Waals surface area contributed by atoms with E-state index in [-0.39, 0.29) is 28.9 Å². The van der Waals surface area contributed by atoms with E-state index < -0.39 is 10.9 Å². The van der Waals surface area contributed by atoms with E-state index in [0.29, 0.717) is 5.69 Å². The van der Waals surface area contributed by atoms with Gasteiger partial charge in [-0.1, -0.05) is 11.6 Å². The van der Waals surface area contributed by atoms with Gasteiger partial charge in [-0.25, -0.2) is 4.79 Å². The summed E-state index contributed by atoms with van der Waals surface area (Å²) in [5.41, 5.74) is 0.350. The lowest BCUT2D eigenvalue weighted by molar-refractivity contribution is -0.384. The number of nitro groups is 1. The molecule has 0 amide bonds. The molecular weight excluding hydrogens is 308 g/mol. The van der Waals surface area contributed by atoms with Crippen molar-refractivity contribution in [3.05, 3.63) is 32.8 Å². The van der Waals surface area contributed by atoms with Crippen LogP contribution in [0.2, 0.25) is 5.02 Å². The first-order valence-electron chi connectivity index (χ1n) is 7.37. The van der Waals surface area contributed by atoms with Gasteiger partial charge in [0.25, 0.3) is 5.69 Å². The van der Waals surface area contributed by atoms with Crippen LogP contribution in [0.1, 0.15) is 43.5 Å². The number of carbonyl (C=O) groups excluding carboxylic acids is 1. The van der Waals surface area contributed by atoms with Crippen molar-refractivity contribution in [1.82, 2.24) is 0 Å². The fourth-order valence-corrected chi connectivity index (χ4v) is 3.09. The molecule has 1 fully saturated rings. The minimum Gasteiger partial charge on any atom is -0.462 e. The van der Waals surface area contributed by atoms with Gasteiger partial charge in [0, 0.05) is 18.7 Å². The van der Waals surface area contributed by atoms with E-state index in [9.17, 15) is 14.9 Å². The summed E-state index contributed by atoms with van der Waals surface area (Å²) in [7, 11) is 0. The average Bonchev–Trinajstić information content (AvgIpc) is 2.47. The van der Waals surface area contributed by atoms with Crippen LogP contribution in [0.5, 0.6) is 0 Å². The lowest BCUT2D eigenvalue weighted by atomic mass is 10.0. The quantitative estimate of drug-likeness (QED) is 0.478. The molecule has 0 spiro atoms. The second-order valence-corrected chi connectivity index (χ2v) is 5.75. The Morgan fingerprint density at radius 3 is 2.82 bits per heavy atom. The predicted molar refractivity (Wildman–Crippen MR) is 84.7 cm³/mol. The van der Waals surface area contributed by atoms with Crippen molar-refractivity contribution in [3.8, 4) is 0 Å². The normalized spacial score (nSPS) is 18.1. The van der Waals surface area contributed by atoms with Crippen LogP contribution < -0.4 is 4.90 Å². The number of hydrogen-bond donors (Lipinski definition) is 0. The van der Waals surface area contributed by atoms with Crippen LogP contribution in [0, 0.1) is 10.1 Å². The molecule has 0 radical (unpaired) electrons. The average molecular weight is 327 g/mol. The number of piperidine rings is 1. The smallest absolute Gasteiger partial charge is 0.338 e. The summed E-state index contributed by atoms with van der Waals surface area (Å²) in [6, 6.07) is 2.88. The largest absolute Gasteiger partial charge is 0.462 e. The Morgan fingerprint density at radius 2 is 2.23 bits per heavy atom. The van der Waals surface area contributed by atoms with Crippen LogP contribution in [0.15, 0.2) is 12.1 Å². The molecule has 0 saturated carbocycles. The van der Waals surface area contributed by atoms with Crippen molar-refractivity contribution in [3.63, 3.8) is 0 Å². The second-order valence-electron chi connectivity index (χ2n) is 5.34. The van der Waals surface area contributed by atoms with Crippen LogP contribution in [0.4, 0.5) is 11.4 Å². The maximum Gasteiger partial charge on any atom is 0.338 e. The van der Waals surface area contributed by atoms with Gasteiger partial charge in [0.05, 0.1) is 22.1 Å². The molecule has 1 heterocycles. The lowest BCUT2D eigenvalue weighted by Crippen LogP contribution is -2.38. The van der Waals surface area contributed by atoms with Crippen molar-refractivity contribution in [2.24, 2.45) is 0 Å². The van der Waals surface area contributed by atoms with Gasteiger partial charge in [-0.05, 0) is 39.2 Å². The third kappa shape index (κ3) is 3.32. The highest BCUT2D eigenvalue weighted by Gasteiger charge is 2.29. The molecule has 2 rings (SSSR count). The minimum absolute atomic E-state index is 0.104. The fraction of sp³-hybridized carbons (Fsp3) is 0.533. The van der Waals surface area contributed by atoms with Crippen LogP contribution in [-0.4, -0.2) is 30.1 Å². The predicted octanol–water partition coefficient (Wildman–Crippen LogP) is 3.80. The SMILES string of the molecule is CCOC(=O)c1cc(Cl)c(N2CCCCC2C)c([N+](=O)[O-])c1. The summed E-state index contributed by atoms with van der Waals surface area (Å²) in [6.45, 7) is 4.63. The number of benzene rings is 1. The molecule has 1 aromatic carbocycles. The first-order chi connectivity index (χ1) is 10.5. The minimum atomic E-state index is -0.606. The number of ether oxygens (including phenoxy) is 1. The Bertz CT molecular complexity index is 591. The van der Waals surface area contributed by atoms with Gasteiger partial charge in [-0.2, -0.15) is 0 Å². The number of esters is 1. The summed E-state index contributed by atoms with van der Waals surface area (Å²) in [4.78, 5) is 24.7. The first-order valence-corrected chi connectivity index (χ1v) is 7.75. The summed E-state index contributed by atoms with van der Waals surface area (Å²) in [6.07, 6.45) is 3.04. The molecule has 120 valence electrons. The fourth-order valence-electron chi connectivity index (χ4n) is 2.77. The third-order valence-corrected chi connectivity index (χ3v) is 4.13. The Kier molecular flexibility index (Phi) is 5.24. The molecule has 7 heteroatoms. The molecule has 1 aromatic rings. The molecule has 0 aliphatic carbocycles. The number of rotatable bonds is 4. The van der Waals surface area contributed by atoms with Gasteiger partial charge in [-0.3, -0.25) is 10.1 Å². The molecule has 6 nitrogen and oxygen atoms in total. The number of nitrogens with zero attached hydrogens (tertiary/aromatic N) is 2. The number of anilines is 1. The molecule has 1 aliphatic rings. The topological polar surface area (TPSA) is 72.7 Å². The maximum absolute atomic E-state index is 11.8. The Hall–Kier alpha value is -1.82. The van der Waals surface area contributed by atoms with Crippen LogP contribution in [0.25, 0.3) is 0 Å². The number of hydrogen-bond acceptors (Lipinski definition) is 5. The first kappa shape index (κ1) is 16.5. The second kappa shape index (κ2) is 6.96. The lowest BCUT2D eigenvalue weighted by Gasteiger charge is -2.35. The Labute approximate surface area is 134 Å². The van der Waals surface area contributed by atoms with Gasteiger partial charge < -0.3 is 9.64 Å². The van der Waals surface area contributed by atoms with Crippen LogP contribution in [-0.2, 0) is 4.74 Å². The summed E-state index contributed by atoms with van der Waals surface area (Å²) in [5.74, 6) is -0.606. The van der Waals surface area contributed by atoms with E-state index in [1.54, 1.807) is 6.92 Å². The molecule has 1 atom stereocenters. The number of carbonyl (C=O) groups is 1. The highest BCUT2D eigenvalue weighted by molar-refractivity contribution is 6.34. The molecule has 1 unspecified atom stereocenters. The zero-order valence-electron chi connectivity index (χ0n) is 12.7. The Morgan fingerprint density at radius 1 is 1.50 bits per heavy atom. The van der Waals surface area contributed by atoms with Gasteiger partial charge in [-0.15, -0.1) is 0 Å². The standard InChI is InChI=1S/C15H19ClN2O4/c1-3-22-15(19)11-8-12(16)14(13(9-11)18(20)21)17-7-5-4-6-10(17)2/h8-10H,3-7H2,1-2H3. The third-order valence-electron chi connectivity index (χ3n) is 3.84. The monoisotopic (exact) mass is 326 g/mol. The highest BCUT2D eigenvalue weighted by Crippen LogP contribution is 2.40. The van der Waals surface area contributed by atoms with Crippen LogP contribution in [0.3, 0.4) is 0 Å². The van der Waals surface area contributed by atoms with E-state index in [4.69, 9.17) is 16.3 Å². The van der Waals surface area contributed by atoms with Crippen LogP contribution >= 0.6 is 11.6 Å². The molecule has 1 aliphatic heterocycles. The van der Waals surface area contributed by atoms with Crippen molar-refractivity contribution < 1.29 is 14.5 Å². The van der Waals surface area contributed by atoms with E-state index in [2.05, 4.69) is 0 Å². The Balaban J connectivity index is 2.49. The molecule has 22 heavy (non-hydrogen) atoms. The van der Waals surface area contributed by atoms with E-state index in [1.807, 2.05) is 11.8 Å².